The van der Waals surface area contributed by atoms with Gasteiger partial charge in [-0.15, -0.1) is 0 Å². The van der Waals surface area contributed by atoms with Gasteiger partial charge in [0.05, 0.1) is 17.9 Å². The number of nitrogens with zero attached hydrogens (tertiary/aromatic N) is 2. The van der Waals surface area contributed by atoms with Crippen LogP contribution in [0.3, 0.4) is 0 Å². The van der Waals surface area contributed by atoms with E-state index in [4.69, 9.17) is 5.73 Å². The Hall–Kier alpha value is -0.700. The molecule has 116 valence electrons. The molecule has 7 nitrogen and oxygen atoms in total. The first kappa shape index (κ1) is 15.7. The Morgan fingerprint density at radius 3 is 2.65 bits per heavy atom. The Balaban J connectivity index is 2.15. The lowest BCUT2D eigenvalue weighted by molar-refractivity contribution is -0.137. The predicted molar refractivity (Wildman–Crippen MR) is 74.4 cm³/mol. The lowest BCUT2D eigenvalue weighted by atomic mass is 9.83. The molecule has 2 saturated heterocycles. The molecule has 0 bridgehead atoms. The number of carbonyl (C=O) groups excluding carboxylic acids is 1. The van der Waals surface area contributed by atoms with Gasteiger partial charge >= 0.3 is 0 Å². The van der Waals surface area contributed by atoms with Crippen LogP contribution in [0.25, 0.3) is 0 Å². The van der Waals surface area contributed by atoms with Gasteiger partial charge in [-0.2, -0.15) is 4.31 Å². The van der Waals surface area contributed by atoms with Crippen molar-refractivity contribution in [3.05, 3.63) is 0 Å². The van der Waals surface area contributed by atoms with Gasteiger partial charge < -0.3 is 15.7 Å². The number of sulfonamides is 1. The Morgan fingerprint density at radius 2 is 2.10 bits per heavy atom. The summed E-state index contributed by atoms with van der Waals surface area (Å²) < 4.78 is 25.2. The van der Waals surface area contributed by atoms with Crippen molar-refractivity contribution in [2.24, 2.45) is 5.73 Å². The highest BCUT2D eigenvalue weighted by Crippen LogP contribution is 2.40. The van der Waals surface area contributed by atoms with Crippen LogP contribution in [-0.4, -0.2) is 72.7 Å². The molecule has 0 unspecified atom stereocenters. The summed E-state index contributed by atoms with van der Waals surface area (Å²) in [5.41, 5.74) is 4.64. The van der Waals surface area contributed by atoms with Crippen molar-refractivity contribution in [2.45, 2.75) is 37.3 Å². The number of carbonyl (C=O) groups is 1. The Morgan fingerprint density at radius 1 is 1.40 bits per heavy atom. The molecule has 0 saturated carbocycles. The fourth-order valence-electron chi connectivity index (χ4n) is 3.43. The van der Waals surface area contributed by atoms with Gasteiger partial charge in [0.15, 0.2) is 0 Å². The number of hydrogen-bond donors (Lipinski definition) is 2. The molecule has 0 radical (unpaired) electrons. The van der Waals surface area contributed by atoms with Crippen LogP contribution in [0.2, 0.25) is 0 Å². The molecule has 0 aromatic carbocycles. The van der Waals surface area contributed by atoms with Crippen molar-refractivity contribution in [3.8, 4) is 0 Å². The number of hydrogen-bond acceptors (Lipinski definition) is 5. The summed E-state index contributed by atoms with van der Waals surface area (Å²) in [4.78, 5) is 13.4. The van der Waals surface area contributed by atoms with Gasteiger partial charge in [-0.1, -0.05) is 0 Å². The minimum atomic E-state index is -3.34. The normalized spacial score (nSPS) is 31.9. The highest BCUT2D eigenvalue weighted by molar-refractivity contribution is 7.88. The smallest absolute Gasteiger partial charge is 0.223 e. The molecule has 1 spiro atoms. The molecule has 0 aromatic rings. The standard InChI is InChI=1S/C12H23N3O4S/c1-20(18,19)15-7-2-4-12(15)5-8-14(9-10(12)16)11(17)3-6-13/h10,16H,2-9,13H2,1H3/t10-,12-/m0/s1. The first-order valence-corrected chi connectivity index (χ1v) is 8.80. The van der Waals surface area contributed by atoms with Gasteiger partial charge in [0.1, 0.15) is 0 Å². The molecule has 1 amide bonds. The first-order valence-electron chi connectivity index (χ1n) is 6.95. The maximum atomic E-state index is 11.9. The van der Waals surface area contributed by atoms with Crippen molar-refractivity contribution in [1.29, 1.82) is 0 Å². The average Bonchev–Trinajstić information content (AvgIpc) is 2.78. The SMILES string of the molecule is CS(=O)(=O)N1CCC[C@@]12CCN(C(=O)CCN)C[C@@H]2O. The third kappa shape index (κ3) is 2.69. The van der Waals surface area contributed by atoms with E-state index >= 15 is 0 Å². The molecule has 2 aliphatic heterocycles. The summed E-state index contributed by atoms with van der Waals surface area (Å²) in [5, 5.41) is 10.4. The van der Waals surface area contributed by atoms with Crippen LogP contribution in [0.5, 0.6) is 0 Å². The summed E-state index contributed by atoms with van der Waals surface area (Å²) in [6.07, 6.45) is 2.49. The number of aliphatic hydroxyl groups is 1. The first-order chi connectivity index (χ1) is 9.31. The zero-order chi connectivity index (χ0) is 15.0. The van der Waals surface area contributed by atoms with E-state index in [9.17, 15) is 18.3 Å². The van der Waals surface area contributed by atoms with Crippen LogP contribution >= 0.6 is 0 Å². The van der Waals surface area contributed by atoms with E-state index < -0.39 is 21.7 Å². The molecule has 8 heteroatoms. The second-order valence-electron chi connectivity index (χ2n) is 5.69. The number of β-amino-alcohol motifs (C(OH)–C–C–N with tert-alkyl or cyclic N) is 1. The minimum absolute atomic E-state index is 0.0784. The molecule has 3 N–H and O–H groups in total. The van der Waals surface area contributed by atoms with Crippen molar-refractivity contribution in [3.63, 3.8) is 0 Å². The molecular weight excluding hydrogens is 282 g/mol. The maximum absolute atomic E-state index is 11.9. The van der Waals surface area contributed by atoms with E-state index in [2.05, 4.69) is 0 Å². The predicted octanol–water partition coefficient (Wildman–Crippen LogP) is -1.28. The number of amides is 1. The Kier molecular flexibility index (Phi) is 4.38. The van der Waals surface area contributed by atoms with Crippen molar-refractivity contribution < 1.29 is 18.3 Å². The lowest BCUT2D eigenvalue weighted by Crippen LogP contribution is -2.63. The van der Waals surface area contributed by atoms with Gasteiger partial charge in [-0.3, -0.25) is 4.79 Å². The Bertz CT molecular complexity index is 481. The third-order valence-corrected chi connectivity index (χ3v) is 5.75. The number of nitrogens with two attached hydrogens (primary N) is 1. The van der Waals surface area contributed by atoms with Gasteiger partial charge in [0, 0.05) is 32.6 Å². The summed E-state index contributed by atoms with van der Waals surface area (Å²) in [5.74, 6) is -0.0784. The second-order valence-corrected chi connectivity index (χ2v) is 7.59. The van der Waals surface area contributed by atoms with Gasteiger partial charge in [0.25, 0.3) is 0 Å². The zero-order valence-corrected chi connectivity index (χ0v) is 12.6. The average molecular weight is 305 g/mol. The van der Waals surface area contributed by atoms with Crippen LogP contribution < -0.4 is 5.73 Å². The monoisotopic (exact) mass is 305 g/mol. The lowest BCUT2D eigenvalue weighted by Gasteiger charge is -2.47. The van der Waals surface area contributed by atoms with E-state index in [0.29, 0.717) is 25.9 Å². The molecule has 2 fully saturated rings. The molecule has 2 aliphatic rings. The van der Waals surface area contributed by atoms with E-state index in [0.717, 1.165) is 6.42 Å². The summed E-state index contributed by atoms with van der Waals surface area (Å²) in [7, 11) is -3.34. The molecule has 0 aliphatic carbocycles. The van der Waals surface area contributed by atoms with Crippen LogP contribution in [0, 0.1) is 0 Å². The quantitative estimate of drug-likeness (QED) is 0.676. The fraction of sp³-hybridized carbons (Fsp3) is 0.917. The summed E-state index contributed by atoms with van der Waals surface area (Å²) in [6.45, 7) is 1.39. The van der Waals surface area contributed by atoms with Gasteiger partial charge in [-0.25, -0.2) is 8.42 Å². The van der Waals surface area contributed by atoms with Gasteiger partial charge in [-0.05, 0) is 19.3 Å². The molecule has 2 atom stereocenters. The van der Waals surface area contributed by atoms with Crippen LogP contribution in [0.1, 0.15) is 25.7 Å². The fourth-order valence-corrected chi connectivity index (χ4v) is 4.85. The largest absolute Gasteiger partial charge is 0.389 e. The highest BCUT2D eigenvalue weighted by atomic mass is 32.2. The summed E-state index contributed by atoms with van der Waals surface area (Å²) in [6, 6.07) is 0. The van der Waals surface area contributed by atoms with E-state index in [1.165, 1.54) is 10.6 Å². The van der Waals surface area contributed by atoms with Crippen molar-refractivity contribution in [1.82, 2.24) is 9.21 Å². The Labute approximate surface area is 119 Å². The van der Waals surface area contributed by atoms with E-state index in [1.807, 2.05) is 0 Å². The number of piperidine rings is 1. The third-order valence-electron chi connectivity index (χ3n) is 4.41. The zero-order valence-electron chi connectivity index (χ0n) is 11.8. The maximum Gasteiger partial charge on any atom is 0.223 e. The minimum Gasteiger partial charge on any atom is -0.389 e. The molecule has 0 aromatic heterocycles. The van der Waals surface area contributed by atoms with Crippen molar-refractivity contribution >= 4 is 15.9 Å². The second kappa shape index (κ2) is 5.59. The molecular formula is C12H23N3O4S. The number of likely N-dealkylation sites (tertiary alicyclic amines) is 1. The van der Waals surface area contributed by atoms with Crippen LogP contribution in [-0.2, 0) is 14.8 Å². The van der Waals surface area contributed by atoms with E-state index in [-0.39, 0.29) is 25.4 Å². The summed E-state index contributed by atoms with van der Waals surface area (Å²) >= 11 is 0. The molecule has 20 heavy (non-hydrogen) atoms. The van der Waals surface area contributed by atoms with Crippen LogP contribution in [0.15, 0.2) is 0 Å². The molecule has 2 heterocycles. The highest BCUT2D eigenvalue weighted by Gasteiger charge is 2.53. The topological polar surface area (TPSA) is 104 Å². The van der Waals surface area contributed by atoms with Crippen LogP contribution in [0.4, 0.5) is 0 Å². The number of rotatable bonds is 3. The van der Waals surface area contributed by atoms with Crippen molar-refractivity contribution in [2.75, 3.05) is 32.4 Å². The van der Waals surface area contributed by atoms with Gasteiger partial charge in [0.2, 0.25) is 15.9 Å². The van der Waals surface area contributed by atoms with E-state index in [1.54, 1.807) is 4.90 Å². The molecule has 2 rings (SSSR count). The number of aliphatic hydroxyl groups excluding tert-OH is 1.